The van der Waals surface area contributed by atoms with E-state index in [1.807, 2.05) is 0 Å². The molecule has 0 bridgehead atoms. The standard InChI is InChI=1S/C14H17NO3S/c1-3-10-4-5-19-13(10)8-15-7-12-6-11(9-18-12)14(16)17-2/h4-6,9,15H,3,7-8H2,1-2H3. The second-order valence-corrected chi connectivity index (χ2v) is 5.12. The van der Waals surface area contributed by atoms with E-state index in [2.05, 4.69) is 28.4 Å². The highest BCUT2D eigenvalue weighted by atomic mass is 32.1. The highest BCUT2D eigenvalue weighted by molar-refractivity contribution is 7.10. The maximum Gasteiger partial charge on any atom is 0.341 e. The summed E-state index contributed by atoms with van der Waals surface area (Å²) in [6.45, 7) is 3.56. The molecule has 19 heavy (non-hydrogen) atoms. The summed E-state index contributed by atoms with van der Waals surface area (Å²) in [6, 6.07) is 3.86. The molecule has 0 amide bonds. The van der Waals surface area contributed by atoms with Crippen molar-refractivity contribution in [3.05, 3.63) is 45.5 Å². The van der Waals surface area contributed by atoms with Crippen molar-refractivity contribution in [1.29, 1.82) is 0 Å². The van der Waals surface area contributed by atoms with Gasteiger partial charge in [-0.2, -0.15) is 0 Å². The number of furan rings is 1. The van der Waals surface area contributed by atoms with Gasteiger partial charge in [0.2, 0.25) is 0 Å². The number of nitrogens with one attached hydrogen (secondary N) is 1. The fraction of sp³-hybridized carbons (Fsp3) is 0.357. The van der Waals surface area contributed by atoms with Crippen LogP contribution in [0, 0.1) is 0 Å². The van der Waals surface area contributed by atoms with E-state index in [-0.39, 0.29) is 5.97 Å². The lowest BCUT2D eigenvalue weighted by molar-refractivity contribution is 0.0600. The van der Waals surface area contributed by atoms with Gasteiger partial charge in [0.25, 0.3) is 0 Å². The molecule has 0 aromatic carbocycles. The molecule has 2 aromatic rings. The van der Waals surface area contributed by atoms with Crippen molar-refractivity contribution in [3.8, 4) is 0 Å². The third kappa shape index (κ3) is 3.45. The van der Waals surface area contributed by atoms with Gasteiger partial charge in [-0.15, -0.1) is 11.3 Å². The Balaban J connectivity index is 1.86. The Morgan fingerprint density at radius 2 is 2.32 bits per heavy atom. The lowest BCUT2D eigenvalue weighted by Crippen LogP contribution is -2.12. The summed E-state index contributed by atoms with van der Waals surface area (Å²) >= 11 is 1.76. The molecular weight excluding hydrogens is 262 g/mol. The minimum Gasteiger partial charge on any atom is -0.467 e. The predicted molar refractivity (Wildman–Crippen MR) is 74.3 cm³/mol. The van der Waals surface area contributed by atoms with Gasteiger partial charge in [-0.1, -0.05) is 6.92 Å². The molecule has 0 radical (unpaired) electrons. The van der Waals surface area contributed by atoms with Gasteiger partial charge >= 0.3 is 5.97 Å². The van der Waals surface area contributed by atoms with Gasteiger partial charge < -0.3 is 14.5 Å². The van der Waals surface area contributed by atoms with Crippen molar-refractivity contribution < 1.29 is 13.9 Å². The van der Waals surface area contributed by atoms with Crippen LogP contribution in [0.25, 0.3) is 0 Å². The summed E-state index contributed by atoms with van der Waals surface area (Å²) < 4.78 is 9.93. The van der Waals surface area contributed by atoms with Gasteiger partial charge in [0.05, 0.1) is 19.2 Å². The molecule has 0 saturated heterocycles. The molecule has 0 aliphatic heterocycles. The molecule has 0 aliphatic rings. The van der Waals surface area contributed by atoms with Crippen molar-refractivity contribution in [2.75, 3.05) is 7.11 Å². The van der Waals surface area contributed by atoms with Crippen LogP contribution >= 0.6 is 11.3 Å². The van der Waals surface area contributed by atoms with Crippen molar-refractivity contribution >= 4 is 17.3 Å². The molecule has 1 N–H and O–H groups in total. The van der Waals surface area contributed by atoms with Gasteiger partial charge in [0.1, 0.15) is 12.0 Å². The van der Waals surface area contributed by atoms with Gasteiger partial charge in [-0.05, 0) is 29.5 Å². The van der Waals surface area contributed by atoms with Crippen LogP contribution in [0.2, 0.25) is 0 Å². The van der Waals surface area contributed by atoms with E-state index < -0.39 is 0 Å². The third-order valence-corrected chi connectivity index (χ3v) is 3.84. The highest BCUT2D eigenvalue weighted by Crippen LogP contribution is 2.17. The Hall–Kier alpha value is -1.59. The lowest BCUT2D eigenvalue weighted by atomic mass is 10.2. The summed E-state index contributed by atoms with van der Waals surface area (Å²) in [7, 11) is 1.36. The average molecular weight is 279 g/mol. The van der Waals surface area contributed by atoms with Crippen LogP contribution in [0.4, 0.5) is 0 Å². The van der Waals surface area contributed by atoms with E-state index in [0.29, 0.717) is 12.1 Å². The molecule has 0 spiro atoms. The summed E-state index contributed by atoms with van der Waals surface area (Å²) in [6.07, 6.45) is 2.47. The lowest BCUT2D eigenvalue weighted by Gasteiger charge is -2.02. The number of ether oxygens (including phenoxy) is 1. The summed E-state index contributed by atoms with van der Waals surface area (Å²) in [5.74, 6) is 0.358. The summed E-state index contributed by atoms with van der Waals surface area (Å²) in [4.78, 5) is 12.6. The molecule has 0 atom stereocenters. The smallest absolute Gasteiger partial charge is 0.341 e. The summed E-state index contributed by atoms with van der Waals surface area (Å²) in [5, 5.41) is 5.42. The molecule has 2 aromatic heterocycles. The second-order valence-electron chi connectivity index (χ2n) is 4.12. The summed E-state index contributed by atoms with van der Waals surface area (Å²) in [5.41, 5.74) is 1.83. The van der Waals surface area contributed by atoms with Gasteiger partial charge in [0.15, 0.2) is 0 Å². The van der Waals surface area contributed by atoms with Crippen molar-refractivity contribution in [1.82, 2.24) is 5.32 Å². The largest absolute Gasteiger partial charge is 0.467 e. The molecule has 0 saturated carbocycles. The van der Waals surface area contributed by atoms with Crippen LogP contribution in [-0.4, -0.2) is 13.1 Å². The Bertz CT molecular complexity index is 544. The Kier molecular flexibility index (Phi) is 4.76. The van der Waals surface area contributed by atoms with E-state index in [1.54, 1.807) is 17.4 Å². The van der Waals surface area contributed by atoms with Crippen LogP contribution in [0.5, 0.6) is 0 Å². The monoisotopic (exact) mass is 279 g/mol. The fourth-order valence-electron chi connectivity index (χ4n) is 1.83. The number of hydrogen-bond donors (Lipinski definition) is 1. The zero-order chi connectivity index (χ0) is 13.7. The number of methoxy groups -OCH3 is 1. The molecule has 0 aliphatic carbocycles. The molecule has 2 rings (SSSR count). The van der Waals surface area contributed by atoms with Crippen LogP contribution in [0.15, 0.2) is 28.2 Å². The first-order valence-electron chi connectivity index (χ1n) is 6.16. The molecule has 5 heteroatoms. The van der Waals surface area contributed by atoms with E-state index in [4.69, 9.17) is 4.42 Å². The zero-order valence-electron chi connectivity index (χ0n) is 11.1. The molecule has 2 heterocycles. The maximum absolute atomic E-state index is 11.3. The van der Waals surface area contributed by atoms with Gasteiger partial charge in [-0.3, -0.25) is 0 Å². The van der Waals surface area contributed by atoms with Crippen LogP contribution in [0.1, 0.15) is 33.5 Å². The molecule has 4 nitrogen and oxygen atoms in total. The van der Waals surface area contributed by atoms with Crippen molar-refractivity contribution in [3.63, 3.8) is 0 Å². The normalized spacial score (nSPS) is 10.6. The number of aryl methyl sites for hydroxylation is 1. The minimum atomic E-state index is -0.374. The first kappa shape index (κ1) is 13.8. The first-order chi connectivity index (χ1) is 9.24. The third-order valence-electron chi connectivity index (χ3n) is 2.88. The Labute approximate surface area is 116 Å². The number of esters is 1. The van der Waals surface area contributed by atoms with E-state index in [0.717, 1.165) is 18.7 Å². The Morgan fingerprint density at radius 3 is 3.05 bits per heavy atom. The van der Waals surface area contributed by atoms with Crippen molar-refractivity contribution in [2.45, 2.75) is 26.4 Å². The van der Waals surface area contributed by atoms with Crippen LogP contribution in [-0.2, 0) is 24.2 Å². The second kappa shape index (κ2) is 6.54. The number of carbonyl (C=O) groups is 1. The maximum atomic E-state index is 11.3. The molecule has 0 fully saturated rings. The number of carbonyl (C=O) groups excluding carboxylic acids is 1. The Morgan fingerprint density at radius 1 is 1.47 bits per heavy atom. The first-order valence-corrected chi connectivity index (χ1v) is 7.04. The van der Waals surface area contributed by atoms with Crippen molar-refractivity contribution in [2.24, 2.45) is 0 Å². The SMILES string of the molecule is CCc1ccsc1CNCc1cc(C(=O)OC)co1. The number of rotatable bonds is 6. The quantitative estimate of drug-likeness (QED) is 0.826. The molecule has 102 valence electrons. The van der Waals surface area contributed by atoms with Crippen LogP contribution < -0.4 is 5.32 Å². The number of hydrogen-bond acceptors (Lipinski definition) is 5. The minimum absolute atomic E-state index is 0.374. The zero-order valence-corrected chi connectivity index (χ0v) is 11.9. The van der Waals surface area contributed by atoms with Gasteiger partial charge in [-0.25, -0.2) is 4.79 Å². The van der Waals surface area contributed by atoms with E-state index in [9.17, 15) is 4.79 Å². The topological polar surface area (TPSA) is 51.5 Å². The van der Waals surface area contributed by atoms with Crippen LogP contribution in [0.3, 0.4) is 0 Å². The predicted octanol–water partition coefficient (Wildman–Crippen LogP) is 2.98. The number of thiophene rings is 1. The molecule has 0 unspecified atom stereocenters. The van der Waals surface area contributed by atoms with E-state index in [1.165, 1.54) is 23.8 Å². The highest BCUT2D eigenvalue weighted by Gasteiger charge is 2.10. The van der Waals surface area contributed by atoms with E-state index >= 15 is 0 Å². The average Bonchev–Trinajstić information content (AvgIpc) is 3.06. The molecular formula is C14H17NO3S. The van der Waals surface area contributed by atoms with Gasteiger partial charge in [0, 0.05) is 11.4 Å². The fourth-order valence-corrected chi connectivity index (χ4v) is 2.78.